The summed E-state index contributed by atoms with van der Waals surface area (Å²) in [6.07, 6.45) is 0.410. The SMILES string of the molecule is Cc1csc(NC(=O)[C@H](Cc2ccccc2)NC(=O)N2CCOCC2)n1. The van der Waals surface area contributed by atoms with Gasteiger partial charge in [0.15, 0.2) is 5.13 Å². The normalized spacial score (nSPS) is 15.3. The van der Waals surface area contributed by atoms with Gasteiger partial charge in [-0.15, -0.1) is 11.3 Å². The zero-order valence-electron chi connectivity index (χ0n) is 14.6. The molecule has 1 atom stereocenters. The summed E-state index contributed by atoms with van der Waals surface area (Å²) < 4.78 is 5.27. The molecule has 2 heterocycles. The number of carbonyl (C=O) groups excluding carboxylic acids is 2. The number of benzene rings is 1. The van der Waals surface area contributed by atoms with E-state index >= 15 is 0 Å². The fraction of sp³-hybridized carbons (Fsp3) is 0.389. The second-order valence-corrected chi connectivity index (χ2v) is 6.93. The van der Waals surface area contributed by atoms with Crippen LogP contribution in [0.2, 0.25) is 0 Å². The van der Waals surface area contributed by atoms with Gasteiger partial charge in [0.1, 0.15) is 6.04 Å². The van der Waals surface area contributed by atoms with Crippen molar-refractivity contribution in [1.82, 2.24) is 15.2 Å². The Balaban J connectivity index is 1.69. The minimum atomic E-state index is -0.683. The smallest absolute Gasteiger partial charge is 0.318 e. The monoisotopic (exact) mass is 374 g/mol. The molecule has 0 unspecified atom stereocenters. The molecule has 0 spiro atoms. The summed E-state index contributed by atoms with van der Waals surface area (Å²) >= 11 is 1.37. The fourth-order valence-electron chi connectivity index (χ4n) is 2.67. The highest BCUT2D eigenvalue weighted by atomic mass is 32.1. The van der Waals surface area contributed by atoms with Crippen molar-refractivity contribution in [1.29, 1.82) is 0 Å². The first-order valence-electron chi connectivity index (χ1n) is 8.52. The zero-order chi connectivity index (χ0) is 18.4. The molecular formula is C18H22N4O3S. The number of aromatic nitrogens is 1. The highest BCUT2D eigenvalue weighted by Crippen LogP contribution is 2.15. The molecule has 7 nitrogen and oxygen atoms in total. The molecule has 0 bridgehead atoms. The van der Waals surface area contributed by atoms with Crippen LogP contribution < -0.4 is 10.6 Å². The van der Waals surface area contributed by atoms with E-state index in [1.165, 1.54) is 11.3 Å². The number of morpholine rings is 1. The van der Waals surface area contributed by atoms with E-state index in [0.717, 1.165) is 11.3 Å². The Kier molecular flexibility index (Phi) is 6.19. The standard InChI is InChI=1S/C18H22N4O3S/c1-13-12-26-17(19-13)21-16(23)15(11-14-5-3-2-4-6-14)20-18(24)22-7-9-25-10-8-22/h2-6,12,15H,7-11H2,1H3,(H,20,24)(H,19,21,23)/t15-/m0/s1. The fourth-order valence-corrected chi connectivity index (χ4v) is 3.36. The Morgan fingerprint density at radius 2 is 2.00 bits per heavy atom. The molecule has 1 aromatic carbocycles. The first-order chi connectivity index (χ1) is 12.6. The molecular weight excluding hydrogens is 352 g/mol. The molecule has 2 N–H and O–H groups in total. The predicted molar refractivity (Wildman–Crippen MR) is 100 cm³/mol. The van der Waals surface area contributed by atoms with Crippen molar-refractivity contribution in [2.24, 2.45) is 0 Å². The van der Waals surface area contributed by atoms with Gasteiger partial charge in [-0.2, -0.15) is 0 Å². The number of hydrogen-bond acceptors (Lipinski definition) is 5. The number of rotatable bonds is 5. The van der Waals surface area contributed by atoms with Gasteiger partial charge in [0.2, 0.25) is 5.91 Å². The van der Waals surface area contributed by atoms with Crippen molar-refractivity contribution in [3.63, 3.8) is 0 Å². The summed E-state index contributed by atoms with van der Waals surface area (Å²) in [5, 5.41) is 8.06. The first kappa shape index (κ1) is 18.3. The number of carbonyl (C=O) groups is 2. The molecule has 0 aliphatic carbocycles. The summed E-state index contributed by atoms with van der Waals surface area (Å²) in [6, 6.07) is 8.69. The van der Waals surface area contributed by atoms with E-state index in [4.69, 9.17) is 4.74 Å². The average molecular weight is 374 g/mol. The molecule has 26 heavy (non-hydrogen) atoms. The molecule has 1 saturated heterocycles. The van der Waals surface area contributed by atoms with Crippen LogP contribution in [0.15, 0.2) is 35.7 Å². The van der Waals surface area contributed by atoms with E-state index in [2.05, 4.69) is 15.6 Å². The van der Waals surface area contributed by atoms with Gasteiger partial charge in [0, 0.05) is 24.9 Å². The number of aryl methyl sites for hydroxylation is 1. The van der Waals surface area contributed by atoms with Crippen LogP contribution in [0.4, 0.5) is 9.93 Å². The molecule has 138 valence electrons. The van der Waals surface area contributed by atoms with Gasteiger partial charge in [0.25, 0.3) is 0 Å². The summed E-state index contributed by atoms with van der Waals surface area (Å²) in [5.41, 5.74) is 1.83. The summed E-state index contributed by atoms with van der Waals surface area (Å²) in [7, 11) is 0. The Bertz CT molecular complexity index is 744. The molecule has 3 amide bonds. The summed E-state index contributed by atoms with van der Waals surface area (Å²) in [5.74, 6) is -0.273. The van der Waals surface area contributed by atoms with Crippen molar-refractivity contribution in [2.75, 3.05) is 31.6 Å². The van der Waals surface area contributed by atoms with Gasteiger partial charge in [0.05, 0.1) is 18.9 Å². The van der Waals surface area contributed by atoms with Crippen molar-refractivity contribution in [2.45, 2.75) is 19.4 Å². The number of ether oxygens (including phenoxy) is 1. The van der Waals surface area contributed by atoms with Gasteiger partial charge in [-0.3, -0.25) is 4.79 Å². The lowest BCUT2D eigenvalue weighted by atomic mass is 10.1. The number of urea groups is 1. The number of hydrogen-bond donors (Lipinski definition) is 2. The Morgan fingerprint density at radius 1 is 1.27 bits per heavy atom. The third-order valence-electron chi connectivity index (χ3n) is 4.04. The molecule has 0 radical (unpaired) electrons. The third kappa shape index (κ3) is 5.03. The summed E-state index contributed by atoms with van der Waals surface area (Å²) in [6.45, 7) is 3.95. The highest BCUT2D eigenvalue weighted by molar-refractivity contribution is 7.13. The first-order valence-corrected chi connectivity index (χ1v) is 9.40. The lowest BCUT2D eigenvalue weighted by Crippen LogP contribution is -2.53. The molecule has 3 rings (SSSR count). The van der Waals surface area contributed by atoms with E-state index in [9.17, 15) is 9.59 Å². The minimum Gasteiger partial charge on any atom is -0.378 e. The largest absolute Gasteiger partial charge is 0.378 e. The van der Waals surface area contributed by atoms with Gasteiger partial charge in [-0.25, -0.2) is 9.78 Å². The maximum absolute atomic E-state index is 12.7. The number of amides is 3. The van der Waals surface area contributed by atoms with Crippen molar-refractivity contribution < 1.29 is 14.3 Å². The van der Waals surface area contributed by atoms with Gasteiger partial charge in [-0.1, -0.05) is 30.3 Å². The second-order valence-electron chi connectivity index (χ2n) is 6.07. The average Bonchev–Trinajstić information content (AvgIpc) is 3.07. The van der Waals surface area contributed by atoms with Crippen LogP contribution in [-0.4, -0.2) is 54.2 Å². The van der Waals surface area contributed by atoms with Crippen LogP contribution in [0.5, 0.6) is 0 Å². The number of nitrogens with zero attached hydrogens (tertiary/aromatic N) is 2. The van der Waals surface area contributed by atoms with Crippen LogP contribution in [0.25, 0.3) is 0 Å². The van der Waals surface area contributed by atoms with Crippen LogP contribution in [-0.2, 0) is 16.0 Å². The predicted octanol–water partition coefficient (Wildman–Crippen LogP) is 2.04. The third-order valence-corrected chi connectivity index (χ3v) is 4.92. The van der Waals surface area contributed by atoms with Gasteiger partial charge < -0.3 is 20.3 Å². The maximum atomic E-state index is 12.7. The van der Waals surface area contributed by atoms with Crippen LogP contribution in [0.3, 0.4) is 0 Å². The van der Waals surface area contributed by atoms with Crippen molar-refractivity contribution in [3.8, 4) is 0 Å². The Morgan fingerprint density at radius 3 is 2.65 bits per heavy atom. The molecule has 8 heteroatoms. The maximum Gasteiger partial charge on any atom is 0.318 e. The molecule has 1 fully saturated rings. The molecule has 2 aromatic rings. The van der Waals surface area contributed by atoms with E-state index in [-0.39, 0.29) is 11.9 Å². The number of nitrogens with one attached hydrogen (secondary N) is 2. The van der Waals surface area contributed by atoms with Gasteiger partial charge >= 0.3 is 6.03 Å². The Labute approximate surface area is 156 Å². The van der Waals surface area contributed by atoms with Crippen LogP contribution in [0, 0.1) is 6.92 Å². The zero-order valence-corrected chi connectivity index (χ0v) is 15.4. The summed E-state index contributed by atoms with van der Waals surface area (Å²) in [4.78, 5) is 31.2. The molecule has 1 aliphatic rings. The van der Waals surface area contributed by atoms with E-state index < -0.39 is 6.04 Å². The second kappa shape index (κ2) is 8.77. The molecule has 1 aliphatic heterocycles. The van der Waals surface area contributed by atoms with Crippen molar-refractivity contribution >= 4 is 28.4 Å². The van der Waals surface area contributed by atoms with Gasteiger partial charge in [-0.05, 0) is 12.5 Å². The van der Waals surface area contributed by atoms with Crippen molar-refractivity contribution in [3.05, 3.63) is 47.0 Å². The van der Waals surface area contributed by atoms with Crippen LogP contribution in [0.1, 0.15) is 11.3 Å². The van der Waals surface area contributed by atoms with Crippen LogP contribution >= 0.6 is 11.3 Å². The quantitative estimate of drug-likeness (QED) is 0.839. The molecule has 0 saturated carbocycles. The lowest BCUT2D eigenvalue weighted by Gasteiger charge is -2.29. The topological polar surface area (TPSA) is 83.6 Å². The molecule has 1 aromatic heterocycles. The number of anilines is 1. The lowest BCUT2D eigenvalue weighted by molar-refractivity contribution is -0.118. The van der Waals surface area contributed by atoms with E-state index in [1.54, 1.807) is 4.90 Å². The Hall–Kier alpha value is -2.45. The minimum absolute atomic E-state index is 0.250. The highest BCUT2D eigenvalue weighted by Gasteiger charge is 2.25. The number of thiazole rings is 1. The van der Waals surface area contributed by atoms with E-state index in [0.29, 0.717) is 37.9 Å². The van der Waals surface area contributed by atoms with E-state index in [1.807, 2.05) is 42.6 Å².